The monoisotopic (exact) mass is 331 g/mol. The van der Waals surface area contributed by atoms with Crippen LogP contribution in [0.15, 0.2) is 48.8 Å². The molecule has 4 rings (SSSR count). The van der Waals surface area contributed by atoms with Crippen LogP contribution in [-0.2, 0) is 6.54 Å². The van der Waals surface area contributed by atoms with Gasteiger partial charge in [0.1, 0.15) is 17.2 Å². The van der Waals surface area contributed by atoms with Crippen molar-refractivity contribution in [2.24, 2.45) is 0 Å². The molecule has 3 aromatic rings. The van der Waals surface area contributed by atoms with E-state index >= 15 is 0 Å². The van der Waals surface area contributed by atoms with Crippen LogP contribution in [0.1, 0.15) is 52.0 Å². The highest BCUT2D eigenvalue weighted by Crippen LogP contribution is 2.35. The predicted molar refractivity (Wildman–Crippen MR) is 93.8 cm³/mol. The van der Waals surface area contributed by atoms with Crippen molar-refractivity contribution in [2.75, 3.05) is 0 Å². The van der Waals surface area contributed by atoms with Crippen LogP contribution >= 0.6 is 0 Å². The molecule has 0 atom stereocenters. The lowest BCUT2D eigenvalue weighted by Gasteiger charge is -2.16. The van der Waals surface area contributed by atoms with E-state index in [0.29, 0.717) is 23.5 Å². The zero-order valence-electron chi connectivity index (χ0n) is 14.1. The molecule has 0 saturated heterocycles. The molecule has 1 aliphatic rings. The third-order valence-corrected chi connectivity index (χ3v) is 4.43. The molecule has 0 bridgehead atoms. The summed E-state index contributed by atoms with van der Waals surface area (Å²) in [4.78, 5) is 34.2. The number of hydrogen-bond donors (Lipinski definition) is 0. The average molecular weight is 331 g/mol. The van der Waals surface area contributed by atoms with Crippen molar-refractivity contribution in [2.45, 2.75) is 26.3 Å². The van der Waals surface area contributed by atoms with Gasteiger partial charge >= 0.3 is 0 Å². The third-order valence-electron chi connectivity index (χ3n) is 4.43. The van der Waals surface area contributed by atoms with E-state index < -0.39 is 11.6 Å². The molecular weight excluding hydrogens is 314 g/mol. The van der Waals surface area contributed by atoms with Gasteiger partial charge in [0.15, 0.2) is 0 Å². The van der Waals surface area contributed by atoms with Crippen LogP contribution in [0.2, 0.25) is 0 Å². The third kappa shape index (κ3) is 2.39. The van der Waals surface area contributed by atoms with Crippen LogP contribution in [0.3, 0.4) is 0 Å². The minimum atomic E-state index is -0.489. The molecular formula is C20H17N3O2. The van der Waals surface area contributed by atoms with Crippen LogP contribution < -0.4 is 0 Å². The lowest BCUT2D eigenvalue weighted by atomic mass is 9.90. The molecule has 2 aromatic heterocycles. The summed E-state index contributed by atoms with van der Waals surface area (Å²) < 4.78 is 1.87. The number of hydrogen-bond acceptors (Lipinski definition) is 4. The van der Waals surface area contributed by atoms with Crippen LogP contribution in [0.5, 0.6) is 0 Å². The molecule has 2 heterocycles. The maximum absolute atomic E-state index is 12.8. The van der Waals surface area contributed by atoms with E-state index in [4.69, 9.17) is 4.98 Å². The molecule has 0 saturated carbocycles. The molecule has 5 heteroatoms. The Morgan fingerprint density at radius 3 is 2.44 bits per heavy atom. The Hall–Kier alpha value is -3.08. The number of fused-ring (bicyclic) bond motifs is 3. The van der Waals surface area contributed by atoms with Gasteiger partial charge in [0.2, 0.25) is 5.78 Å². The molecule has 1 aliphatic carbocycles. The molecule has 0 fully saturated rings. The number of rotatable bonds is 3. The van der Waals surface area contributed by atoms with E-state index in [2.05, 4.69) is 4.98 Å². The second-order valence-electron chi connectivity index (χ2n) is 6.47. The number of pyridine rings is 1. The van der Waals surface area contributed by atoms with Gasteiger partial charge in [0.25, 0.3) is 5.78 Å². The van der Waals surface area contributed by atoms with Crippen molar-refractivity contribution < 1.29 is 9.59 Å². The van der Waals surface area contributed by atoms with Gasteiger partial charge in [0.05, 0.1) is 6.54 Å². The Kier molecular flexibility index (Phi) is 3.57. The van der Waals surface area contributed by atoms with E-state index in [-0.39, 0.29) is 5.92 Å². The topological polar surface area (TPSA) is 64.8 Å². The first-order valence-corrected chi connectivity index (χ1v) is 8.25. The Bertz CT molecular complexity index is 987. The number of aromatic nitrogens is 3. The molecule has 0 N–H and O–H groups in total. The Labute approximate surface area is 145 Å². The number of imidazole rings is 1. The molecule has 5 nitrogen and oxygen atoms in total. The number of carbonyl (C=O) groups is 2. The van der Waals surface area contributed by atoms with Crippen LogP contribution in [0.25, 0.3) is 11.3 Å². The first-order chi connectivity index (χ1) is 12.1. The van der Waals surface area contributed by atoms with Crippen molar-refractivity contribution in [1.82, 2.24) is 14.5 Å². The van der Waals surface area contributed by atoms with Crippen molar-refractivity contribution in [3.05, 3.63) is 71.4 Å². The van der Waals surface area contributed by atoms with E-state index in [1.165, 1.54) is 0 Å². The number of nitrogens with zero attached hydrogens (tertiary/aromatic N) is 3. The second kappa shape index (κ2) is 5.77. The highest BCUT2D eigenvalue weighted by atomic mass is 16.2. The van der Waals surface area contributed by atoms with Gasteiger partial charge in [-0.2, -0.15) is 0 Å². The highest BCUT2D eigenvalue weighted by Gasteiger charge is 2.36. The van der Waals surface area contributed by atoms with Crippen molar-refractivity contribution in [3.8, 4) is 11.3 Å². The summed E-state index contributed by atoms with van der Waals surface area (Å²) >= 11 is 0. The SMILES string of the molecule is CC(C)c1nc2c(n1Cc1cccnc1)C(=O)C(=O)c1ccccc1-2. The van der Waals surface area contributed by atoms with Gasteiger partial charge < -0.3 is 4.57 Å². The summed E-state index contributed by atoms with van der Waals surface area (Å²) in [7, 11) is 0. The van der Waals surface area contributed by atoms with E-state index in [9.17, 15) is 9.59 Å². The van der Waals surface area contributed by atoms with Gasteiger partial charge in [0, 0.05) is 29.4 Å². The molecule has 0 radical (unpaired) electrons. The summed E-state index contributed by atoms with van der Waals surface area (Å²) in [6, 6.07) is 11.0. The van der Waals surface area contributed by atoms with Gasteiger partial charge in [-0.1, -0.05) is 44.2 Å². The molecule has 0 aliphatic heterocycles. The lowest BCUT2D eigenvalue weighted by Crippen LogP contribution is -2.24. The zero-order chi connectivity index (χ0) is 17.6. The van der Waals surface area contributed by atoms with Gasteiger partial charge in [-0.25, -0.2) is 4.98 Å². The molecule has 124 valence electrons. The number of ketones is 2. The van der Waals surface area contributed by atoms with Crippen molar-refractivity contribution in [1.29, 1.82) is 0 Å². The number of Topliss-reactive ketones (excluding diaryl/α,β-unsaturated/α-hetero) is 2. The van der Waals surface area contributed by atoms with E-state index in [1.807, 2.05) is 42.7 Å². The summed E-state index contributed by atoms with van der Waals surface area (Å²) in [5, 5.41) is 0. The van der Waals surface area contributed by atoms with E-state index in [1.54, 1.807) is 24.5 Å². The lowest BCUT2D eigenvalue weighted by molar-refractivity contribution is 0.0810. The molecule has 0 spiro atoms. The Morgan fingerprint density at radius 2 is 1.76 bits per heavy atom. The first-order valence-electron chi connectivity index (χ1n) is 8.25. The van der Waals surface area contributed by atoms with Crippen LogP contribution in [-0.4, -0.2) is 26.1 Å². The molecule has 25 heavy (non-hydrogen) atoms. The smallest absolute Gasteiger partial charge is 0.252 e. The fourth-order valence-electron chi connectivity index (χ4n) is 3.28. The summed E-state index contributed by atoms with van der Waals surface area (Å²) in [6.07, 6.45) is 3.47. The molecule has 0 unspecified atom stereocenters. The van der Waals surface area contributed by atoms with Gasteiger partial charge in [-0.05, 0) is 11.6 Å². The largest absolute Gasteiger partial charge is 0.320 e. The van der Waals surface area contributed by atoms with Crippen LogP contribution in [0.4, 0.5) is 0 Å². The summed E-state index contributed by atoms with van der Waals surface area (Å²) in [5.41, 5.74) is 3.11. The maximum Gasteiger partial charge on any atom is 0.252 e. The minimum absolute atomic E-state index is 0.123. The van der Waals surface area contributed by atoms with Crippen molar-refractivity contribution in [3.63, 3.8) is 0 Å². The maximum atomic E-state index is 12.8. The van der Waals surface area contributed by atoms with Gasteiger partial charge in [-0.15, -0.1) is 0 Å². The summed E-state index contributed by atoms with van der Waals surface area (Å²) in [5.74, 6) is -0.0354. The number of benzene rings is 1. The standard InChI is InChI=1S/C20H17N3O2/c1-12(2)20-22-16-14-7-3-4-8-15(14)18(24)19(25)17(16)23(20)11-13-6-5-9-21-10-13/h3-10,12H,11H2,1-2H3. The van der Waals surface area contributed by atoms with Crippen molar-refractivity contribution >= 4 is 11.6 Å². The minimum Gasteiger partial charge on any atom is -0.320 e. The normalized spacial score (nSPS) is 13.1. The number of carbonyl (C=O) groups excluding carboxylic acids is 2. The quantitative estimate of drug-likeness (QED) is 0.689. The Balaban J connectivity index is 1.96. The van der Waals surface area contributed by atoms with Gasteiger partial charge in [-0.3, -0.25) is 14.6 Å². The predicted octanol–water partition coefficient (Wildman–Crippen LogP) is 3.50. The zero-order valence-corrected chi connectivity index (χ0v) is 14.1. The fraction of sp³-hybridized carbons (Fsp3) is 0.200. The summed E-state index contributed by atoms with van der Waals surface area (Å²) in [6.45, 7) is 4.53. The first kappa shape index (κ1) is 15.4. The van der Waals surface area contributed by atoms with Crippen LogP contribution in [0, 0.1) is 0 Å². The van der Waals surface area contributed by atoms with E-state index in [0.717, 1.165) is 17.0 Å². The Morgan fingerprint density at radius 1 is 1.00 bits per heavy atom. The second-order valence-corrected chi connectivity index (χ2v) is 6.47. The fourth-order valence-corrected chi connectivity index (χ4v) is 3.28. The highest BCUT2D eigenvalue weighted by molar-refractivity contribution is 6.52. The molecule has 0 amide bonds. The molecule has 1 aromatic carbocycles. The average Bonchev–Trinajstić information content (AvgIpc) is 3.00.